The molecule has 0 saturated carbocycles. The summed E-state index contributed by atoms with van der Waals surface area (Å²) in [5, 5.41) is 8.37. The number of piperidine rings is 1. The number of benzene rings is 2. The number of Topliss-reactive ketones (excluding diaryl/α,β-unsaturated/α-hetero) is 1. The van der Waals surface area contributed by atoms with E-state index in [1.165, 1.54) is 12.1 Å². The zero-order valence-electron chi connectivity index (χ0n) is 18.8. The number of para-hydroxylation sites is 1. The summed E-state index contributed by atoms with van der Waals surface area (Å²) in [6, 6.07) is 13.0. The zero-order valence-corrected chi connectivity index (χ0v) is 18.8. The first kappa shape index (κ1) is 23.1. The van der Waals surface area contributed by atoms with E-state index in [4.69, 9.17) is 11.1 Å². The van der Waals surface area contributed by atoms with Crippen LogP contribution in [0.2, 0.25) is 0 Å². The molecule has 0 radical (unpaired) electrons. The summed E-state index contributed by atoms with van der Waals surface area (Å²) in [4.78, 5) is 29.9. The zero-order chi connectivity index (χ0) is 23.4. The molecule has 2 aliphatic heterocycles. The minimum Gasteiger partial charge on any atom is -0.398 e. The molecule has 2 heterocycles. The highest BCUT2D eigenvalue weighted by molar-refractivity contribution is 6.45. The number of nitrogen functional groups attached to an aromatic ring is 1. The number of carbonyl (C=O) groups is 2. The molecule has 7 heteroatoms. The van der Waals surface area contributed by atoms with Gasteiger partial charge in [-0.2, -0.15) is 0 Å². The van der Waals surface area contributed by atoms with Gasteiger partial charge in [-0.25, -0.2) is 4.39 Å². The Kier molecular flexibility index (Phi) is 7.18. The predicted octanol–water partition coefficient (Wildman–Crippen LogP) is 3.75. The maximum absolute atomic E-state index is 13.1. The number of halogens is 1. The van der Waals surface area contributed by atoms with Crippen molar-refractivity contribution >= 4 is 23.1 Å². The lowest BCUT2D eigenvalue weighted by Crippen LogP contribution is -2.43. The number of rotatable bonds is 7. The second-order valence-electron chi connectivity index (χ2n) is 9.03. The van der Waals surface area contributed by atoms with Crippen molar-refractivity contribution in [2.24, 2.45) is 5.92 Å². The Morgan fingerprint density at radius 3 is 2.39 bits per heavy atom. The van der Waals surface area contributed by atoms with Crippen molar-refractivity contribution in [2.75, 3.05) is 31.9 Å². The van der Waals surface area contributed by atoms with Gasteiger partial charge in [0, 0.05) is 41.9 Å². The molecule has 0 aromatic heterocycles. The molecular formula is C26H31FN4O2. The third-order valence-corrected chi connectivity index (χ3v) is 6.95. The molecule has 1 amide bonds. The van der Waals surface area contributed by atoms with Gasteiger partial charge in [0.1, 0.15) is 11.5 Å². The minimum absolute atomic E-state index is 0.0203. The van der Waals surface area contributed by atoms with Crippen molar-refractivity contribution in [3.8, 4) is 0 Å². The number of nitrogens with zero attached hydrogens (tertiary/aromatic N) is 2. The van der Waals surface area contributed by atoms with Gasteiger partial charge in [-0.1, -0.05) is 18.2 Å². The fourth-order valence-corrected chi connectivity index (χ4v) is 4.99. The average molecular weight is 451 g/mol. The van der Waals surface area contributed by atoms with Crippen molar-refractivity contribution in [1.29, 1.82) is 5.41 Å². The van der Waals surface area contributed by atoms with Gasteiger partial charge in [-0.3, -0.25) is 15.0 Å². The molecule has 1 atom stereocenters. The molecule has 2 aliphatic rings. The summed E-state index contributed by atoms with van der Waals surface area (Å²) in [6.07, 6.45) is 4.34. The number of carbonyl (C=O) groups excluding carboxylic acids is 2. The topological polar surface area (TPSA) is 90.5 Å². The van der Waals surface area contributed by atoms with Crippen molar-refractivity contribution in [3.05, 3.63) is 65.5 Å². The lowest BCUT2D eigenvalue weighted by atomic mass is 9.88. The number of hydrogen-bond acceptors (Lipinski definition) is 5. The fourth-order valence-electron chi connectivity index (χ4n) is 4.99. The summed E-state index contributed by atoms with van der Waals surface area (Å²) in [5.74, 6) is -0.504. The fraction of sp³-hybridized carbons (Fsp3) is 0.423. The Morgan fingerprint density at radius 2 is 1.70 bits per heavy atom. The van der Waals surface area contributed by atoms with E-state index in [1.54, 1.807) is 36.4 Å². The number of nitrogens with one attached hydrogen (secondary N) is 1. The molecule has 3 N–H and O–H groups in total. The molecule has 0 aliphatic carbocycles. The van der Waals surface area contributed by atoms with Gasteiger partial charge in [0.15, 0.2) is 5.78 Å². The van der Waals surface area contributed by atoms with Gasteiger partial charge >= 0.3 is 0 Å². The third kappa shape index (κ3) is 5.30. The molecule has 4 rings (SSSR count). The second kappa shape index (κ2) is 10.3. The smallest absolute Gasteiger partial charge is 0.272 e. The van der Waals surface area contributed by atoms with Crippen molar-refractivity contribution in [1.82, 2.24) is 9.80 Å². The van der Waals surface area contributed by atoms with Crippen LogP contribution >= 0.6 is 0 Å². The minimum atomic E-state index is -0.330. The van der Waals surface area contributed by atoms with E-state index in [9.17, 15) is 14.0 Å². The molecule has 2 aromatic carbocycles. The van der Waals surface area contributed by atoms with E-state index in [-0.39, 0.29) is 35.2 Å². The lowest BCUT2D eigenvalue weighted by molar-refractivity contribution is -0.125. The summed E-state index contributed by atoms with van der Waals surface area (Å²) in [7, 11) is 0. The largest absolute Gasteiger partial charge is 0.398 e. The molecule has 0 bridgehead atoms. The van der Waals surface area contributed by atoms with Crippen molar-refractivity contribution in [2.45, 2.75) is 38.1 Å². The van der Waals surface area contributed by atoms with E-state index in [0.29, 0.717) is 23.4 Å². The standard InChI is InChI=1S/C26H31FN4O2/c27-20-9-7-18(8-10-20)25(32)19-11-15-30(16-12-19)17-13-21-4-3-14-31(21)26(33)24(29)22-5-1-2-6-23(22)28/h1-2,5-10,19,21,29H,3-4,11-17,28H2. The molecule has 33 heavy (non-hydrogen) atoms. The molecular weight excluding hydrogens is 419 g/mol. The maximum Gasteiger partial charge on any atom is 0.272 e. The highest BCUT2D eigenvalue weighted by Gasteiger charge is 2.32. The van der Waals surface area contributed by atoms with Gasteiger partial charge in [0.2, 0.25) is 0 Å². The lowest BCUT2D eigenvalue weighted by Gasteiger charge is -2.33. The van der Waals surface area contributed by atoms with Crippen LogP contribution in [0.15, 0.2) is 48.5 Å². The molecule has 2 saturated heterocycles. The number of amides is 1. The SMILES string of the molecule is N=C(C(=O)N1CCCC1CCN1CCC(C(=O)c2ccc(F)cc2)CC1)c1ccccc1N. The normalized spacial score (nSPS) is 19.5. The quantitative estimate of drug-likeness (QED) is 0.382. The Labute approximate surface area is 194 Å². The molecule has 0 spiro atoms. The van der Waals surface area contributed by atoms with Crippen molar-refractivity contribution < 1.29 is 14.0 Å². The Bertz CT molecular complexity index is 1020. The summed E-state index contributed by atoms with van der Waals surface area (Å²) in [5.41, 5.74) is 7.44. The van der Waals surface area contributed by atoms with Crippen LogP contribution in [0.4, 0.5) is 10.1 Å². The van der Waals surface area contributed by atoms with E-state index < -0.39 is 0 Å². The maximum atomic E-state index is 13.1. The van der Waals surface area contributed by atoms with Gasteiger partial charge in [0.05, 0.1) is 0 Å². The first-order valence-corrected chi connectivity index (χ1v) is 11.7. The van der Waals surface area contributed by atoms with Crippen LogP contribution in [-0.4, -0.2) is 59.4 Å². The van der Waals surface area contributed by atoms with Crippen LogP contribution in [0, 0.1) is 17.1 Å². The second-order valence-corrected chi connectivity index (χ2v) is 9.03. The summed E-state index contributed by atoms with van der Waals surface area (Å²) < 4.78 is 13.1. The van der Waals surface area contributed by atoms with Crippen LogP contribution in [0.5, 0.6) is 0 Å². The van der Waals surface area contributed by atoms with Crippen LogP contribution in [0.1, 0.15) is 48.0 Å². The van der Waals surface area contributed by atoms with Gasteiger partial charge in [-0.05, 0) is 75.5 Å². The first-order valence-electron chi connectivity index (χ1n) is 11.7. The highest BCUT2D eigenvalue weighted by atomic mass is 19.1. The van der Waals surface area contributed by atoms with E-state index in [0.717, 1.165) is 51.7 Å². The van der Waals surface area contributed by atoms with Crippen LogP contribution < -0.4 is 5.73 Å². The van der Waals surface area contributed by atoms with Crippen LogP contribution in [0.25, 0.3) is 0 Å². The molecule has 1 unspecified atom stereocenters. The highest BCUT2D eigenvalue weighted by Crippen LogP contribution is 2.25. The Balaban J connectivity index is 1.27. The van der Waals surface area contributed by atoms with Crippen LogP contribution in [-0.2, 0) is 4.79 Å². The first-order chi connectivity index (χ1) is 15.9. The predicted molar refractivity (Wildman–Crippen MR) is 127 cm³/mol. The molecule has 6 nitrogen and oxygen atoms in total. The van der Waals surface area contributed by atoms with Gasteiger partial charge in [0.25, 0.3) is 5.91 Å². The third-order valence-electron chi connectivity index (χ3n) is 6.95. The van der Waals surface area contributed by atoms with Gasteiger partial charge in [-0.15, -0.1) is 0 Å². The molecule has 2 fully saturated rings. The van der Waals surface area contributed by atoms with Gasteiger partial charge < -0.3 is 15.5 Å². The molecule has 2 aromatic rings. The summed E-state index contributed by atoms with van der Waals surface area (Å²) in [6.45, 7) is 3.23. The summed E-state index contributed by atoms with van der Waals surface area (Å²) >= 11 is 0. The number of ketones is 1. The van der Waals surface area contributed by atoms with E-state index >= 15 is 0 Å². The number of hydrogen-bond donors (Lipinski definition) is 2. The monoisotopic (exact) mass is 450 g/mol. The number of likely N-dealkylation sites (tertiary alicyclic amines) is 2. The van der Waals surface area contributed by atoms with E-state index in [1.807, 2.05) is 4.90 Å². The Morgan fingerprint density at radius 1 is 1.00 bits per heavy atom. The van der Waals surface area contributed by atoms with Crippen molar-refractivity contribution in [3.63, 3.8) is 0 Å². The Hall–Kier alpha value is -3.06. The van der Waals surface area contributed by atoms with E-state index in [2.05, 4.69) is 4.90 Å². The molecule has 174 valence electrons. The average Bonchev–Trinajstić information content (AvgIpc) is 3.31. The number of anilines is 1. The van der Waals surface area contributed by atoms with Crippen LogP contribution in [0.3, 0.4) is 0 Å². The number of nitrogens with two attached hydrogens (primary N) is 1.